The number of carboxylic acids is 1. The van der Waals surface area contributed by atoms with Gasteiger partial charge in [-0.15, -0.1) is 11.3 Å². The molecule has 0 saturated carbocycles. The third-order valence-corrected chi connectivity index (χ3v) is 3.81. The zero-order valence-corrected chi connectivity index (χ0v) is 11.1. The van der Waals surface area contributed by atoms with Crippen LogP contribution in [0.4, 0.5) is 0 Å². The molecule has 0 aliphatic heterocycles. The molecule has 0 amide bonds. The van der Waals surface area contributed by atoms with Gasteiger partial charge in [0.25, 0.3) is 0 Å². The second kappa shape index (κ2) is 5.37. The number of rotatable bonds is 5. The lowest BCUT2D eigenvalue weighted by atomic mass is 10.2. The average Bonchev–Trinajstić information content (AvgIpc) is 2.94. The van der Waals surface area contributed by atoms with Crippen LogP contribution >= 0.6 is 11.3 Å². The van der Waals surface area contributed by atoms with Crippen molar-refractivity contribution in [2.75, 3.05) is 0 Å². The van der Waals surface area contributed by atoms with Gasteiger partial charge in [-0.05, 0) is 31.4 Å². The quantitative estimate of drug-likeness (QED) is 0.871. The van der Waals surface area contributed by atoms with E-state index in [4.69, 9.17) is 9.52 Å². The van der Waals surface area contributed by atoms with Crippen LogP contribution in [-0.2, 0) is 6.54 Å². The lowest BCUT2D eigenvalue weighted by Crippen LogP contribution is -2.16. The lowest BCUT2D eigenvalue weighted by molar-refractivity contribution is 0.0695. The van der Waals surface area contributed by atoms with E-state index in [2.05, 4.69) is 18.3 Å². The zero-order chi connectivity index (χ0) is 13.1. The van der Waals surface area contributed by atoms with Crippen LogP contribution in [0.25, 0.3) is 0 Å². The first-order valence-corrected chi connectivity index (χ1v) is 6.55. The van der Waals surface area contributed by atoms with Crippen molar-refractivity contribution in [1.82, 2.24) is 5.32 Å². The Morgan fingerprint density at radius 2 is 2.39 bits per heavy atom. The van der Waals surface area contributed by atoms with Crippen LogP contribution in [0.3, 0.4) is 0 Å². The average molecular weight is 265 g/mol. The highest BCUT2D eigenvalue weighted by atomic mass is 32.1. The smallest absolute Gasteiger partial charge is 0.339 e. The van der Waals surface area contributed by atoms with E-state index in [9.17, 15) is 4.79 Å². The second-order valence-corrected chi connectivity index (χ2v) is 5.09. The summed E-state index contributed by atoms with van der Waals surface area (Å²) >= 11 is 1.69. The predicted octanol–water partition coefficient (Wildman–Crippen LogP) is 3.20. The molecule has 0 bridgehead atoms. The number of furan rings is 1. The first-order valence-electron chi connectivity index (χ1n) is 5.67. The largest absolute Gasteiger partial charge is 0.478 e. The molecule has 4 nitrogen and oxygen atoms in total. The summed E-state index contributed by atoms with van der Waals surface area (Å²) in [5.41, 5.74) is 0.232. The summed E-state index contributed by atoms with van der Waals surface area (Å²) in [5, 5.41) is 14.3. The van der Waals surface area contributed by atoms with Crippen LogP contribution in [0.1, 0.15) is 39.7 Å². The summed E-state index contributed by atoms with van der Waals surface area (Å²) in [7, 11) is 0. The van der Waals surface area contributed by atoms with E-state index in [1.54, 1.807) is 24.3 Å². The Labute approximate surface area is 109 Å². The number of nitrogens with one attached hydrogen (secondary N) is 1. The Bertz CT molecular complexity index is 530. The summed E-state index contributed by atoms with van der Waals surface area (Å²) in [6.07, 6.45) is 0. The van der Waals surface area contributed by atoms with Crippen molar-refractivity contribution >= 4 is 17.3 Å². The highest BCUT2D eigenvalue weighted by Gasteiger charge is 2.14. The normalized spacial score (nSPS) is 12.6. The number of aromatic carboxylic acids is 1. The molecule has 2 aromatic rings. The van der Waals surface area contributed by atoms with Crippen LogP contribution < -0.4 is 5.32 Å². The molecule has 5 heteroatoms. The van der Waals surface area contributed by atoms with Gasteiger partial charge >= 0.3 is 5.97 Å². The van der Waals surface area contributed by atoms with Gasteiger partial charge in [-0.3, -0.25) is 0 Å². The van der Waals surface area contributed by atoms with Gasteiger partial charge in [-0.1, -0.05) is 6.07 Å². The molecule has 0 radical (unpaired) electrons. The molecule has 0 aliphatic carbocycles. The van der Waals surface area contributed by atoms with Crippen LogP contribution in [-0.4, -0.2) is 11.1 Å². The first kappa shape index (κ1) is 12.9. The molecule has 2 N–H and O–H groups in total. The molecule has 2 heterocycles. The van der Waals surface area contributed by atoms with Crippen molar-refractivity contribution in [1.29, 1.82) is 0 Å². The summed E-state index contributed by atoms with van der Waals surface area (Å²) in [5.74, 6) is 0.144. The van der Waals surface area contributed by atoms with Crippen LogP contribution in [0.2, 0.25) is 0 Å². The van der Waals surface area contributed by atoms with Gasteiger partial charge in [0.15, 0.2) is 0 Å². The standard InChI is InChI=1S/C13H15NO3S/c1-8(12-4-3-5-18-12)14-7-10-6-11(13(15)16)9(2)17-10/h3-6,8,14H,7H2,1-2H3,(H,15,16). The van der Waals surface area contributed by atoms with Crippen molar-refractivity contribution in [3.05, 3.63) is 45.5 Å². The Balaban J connectivity index is 1.98. The van der Waals surface area contributed by atoms with Gasteiger partial charge in [0.1, 0.15) is 17.1 Å². The van der Waals surface area contributed by atoms with Gasteiger partial charge < -0.3 is 14.8 Å². The predicted molar refractivity (Wildman–Crippen MR) is 70.0 cm³/mol. The van der Waals surface area contributed by atoms with E-state index < -0.39 is 5.97 Å². The van der Waals surface area contributed by atoms with E-state index in [0.29, 0.717) is 18.1 Å². The van der Waals surface area contributed by atoms with E-state index in [-0.39, 0.29) is 11.6 Å². The van der Waals surface area contributed by atoms with Crippen LogP contribution in [0.5, 0.6) is 0 Å². The molecule has 0 aliphatic rings. The third kappa shape index (κ3) is 2.80. The number of aryl methyl sites for hydroxylation is 1. The Morgan fingerprint density at radius 1 is 1.61 bits per heavy atom. The van der Waals surface area contributed by atoms with Gasteiger partial charge in [0, 0.05) is 10.9 Å². The summed E-state index contributed by atoms with van der Waals surface area (Å²) in [6.45, 7) is 4.25. The molecule has 0 saturated heterocycles. The molecule has 96 valence electrons. The molecule has 1 unspecified atom stereocenters. The minimum Gasteiger partial charge on any atom is -0.478 e. The highest BCUT2D eigenvalue weighted by molar-refractivity contribution is 7.10. The Hall–Kier alpha value is -1.59. The number of thiophene rings is 1. The first-order chi connectivity index (χ1) is 8.58. The molecular formula is C13H15NO3S. The highest BCUT2D eigenvalue weighted by Crippen LogP contribution is 2.20. The van der Waals surface area contributed by atoms with Gasteiger partial charge in [0.05, 0.1) is 6.54 Å². The second-order valence-electron chi connectivity index (χ2n) is 4.11. The van der Waals surface area contributed by atoms with Crippen molar-refractivity contribution < 1.29 is 14.3 Å². The molecule has 2 rings (SSSR count). The minimum absolute atomic E-state index is 0.226. The van der Waals surface area contributed by atoms with Crippen molar-refractivity contribution in [2.45, 2.75) is 26.4 Å². The van der Waals surface area contributed by atoms with E-state index in [0.717, 1.165) is 0 Å². The van der Waals surface area contributed by atoms with E-state index >= 15 is 0 Å². The SMILES string of the molecule is Cc1oc(CNC(C)c2cccs2)cc1C(=O)O. The Kier molecular flexibility index (Phi) is 3.84. The molecule has 2 aromatic heterocycles. The van der Waals surface area contributed by atoms with Gasteiger partial charge in [0.2, 0.25) is 0 Å². The number of carbonyl (C=O) groups is 1. The summed E-state index contributed by atoms with van der Waals surface area (Å²) in [4.78, 5) is 12.1. The fourth-order valence-electron chi connectivity index (χ4n) is 1.74. The molecular weight excluding hydrogens is 250 g/mol. The monoisotopic (exact) mass is 265 g/mol. The topological polar surface area (TPSA) is 62.5 Å². The van der Waals surface area contributed by atoms with Gasteiger partial charge in [-0.2, -0.15) is 0 Å². The molecule has 0 aromatic carbocycles. The zero-order valence-electron chi connectivity index (χ0n) is 10.3. The van der Waals surface area contributed by atoms with Crippen molar-refractivity contribution in [3.8, 4) is 0 Å². The molecule has 1 atom stereocenters. The number of hydrogen-bond donors (Lipinski definition) is 2. The van der Waals surface area contributed by atoms with Crippen molar-refractivity contribution in [3.63, 3.8) is 0 Å². The fraction of sp³-hybridized carbons (Fsp3) is 0.308. The lowest BCUT2D eigenvalue weighted by Gasteiger charge is -2.10. The van der Waals surface area contributed by atoms with E-state index in [1.807, 2.05) is 11.4 Å². The minimum atomic E-state index is -0.950. The summed E-state index contributed by atoms with van der Waals surface area (Å²) < 4.78 is 5.40. The van der Waals surface area contributed by atoms with Crippen molar-refractivity contribution in [2.24, 2.45) is 0 Å². The van der Waals surface area contributed by atoms with Crippen LogP contribution in [0.15, 0.2) is 28.0 Å². The number of carboxylic acid groups (broad SMARTS) is 1. The maximum Gasteiger partial charge on any atom is 0.339 e. The van der Waals surface area contributed by atoms with Gasteiger partial charge in [-0.25, -0.2) is 4.79 Å². The summed E-state index contributed by atoms with van der Waals surface area (Å²) in [6, 6.07) is 5.88. The maximum absolute atomic E-state index is 10.9. The van der Waals surface area contributed by atoms with E-state index in [1.165, 1.54) is 4.88 Å². The Morgan fingerprint density at radius 3 is 2.94 bits per heavy atom. The fourth-order valence-corrected chi connectivity index (χ4v) is 2.49. The van der Waals surface area contributed by atoms with Crippen LogP contribution in [0, 0.1) is 6.92 Å². The number of hydrogen-bond acceptors (Lipinski definition) is 4. The molecule has 18 heavy (non-hydrogen) atoms. The molecule has 0 fully saturated rings. The maximum atomic E-state index is 10.9. The third-order valence-electron chi connectivity index (χ3n) is 2.75. The molecule has 0 spiro atoms.